The Morgan fingerprint density at radius 3 is 2.14 bits per heavy atom. The zero-order valence-electron chi connectivity index (χ0n) is 15.7. The monoisotopic (exact) mass is 402 g/mol. The Morgan fingerprint density at radius 1 is 0.793 bits per heavy atom. The molecular formula is C23H18N2O3S. The second-order valence-corrected chi connectivity index (χ2v) is 8.14. The zero-order valence-corrected chi connectivity index (χ0v) is 16.5. The molecule has 5 aromatic rings. The summed E-state index contributed by atoms with van der Waals surface area (Å²) in [6, 6.07) is 25.0. The first-order valence-electron chi connectivity index (χ1n) is 9.03. The number of benzene rings is 4. The van der Waals surface area contributed by atoms with E-state index in [-0.39, 0.29) is 4.90 Å². The van der Waals surface area contributed by atoms with Crippen molar-refractivity contribution in [2.24, 2.45) is 0 Å². The highest BCUT2D eigenvalue weighted by Crippen LogP contribution is 2.27. The predicted molar refractivity (Wildman–Crippen MR) is 112 cm³/mol. The molecule has 0 unspecified atom stereocenters. The molecule has 0 amide bonds. The molecule has 0 saturated carbocycles. The smallest absolute Gasteiger partial charge is 0.194 e. The standard InChI is InChI=1S/C16H10N2.C7H8O3S/c1-2-4-13-10-15-14(9-12(13)3-1)6-5-11-7-8-17-18-16(11)15;1-6-2-4-7(5-3-6)11(8,9)10/h1-10H;2-5H,1H3,(H,8,9,10). The molecular weight excluding hydrogens is 384 g/mol. The molecule has 0 bridgehead atoms. The number of H-pyrrole nitrogens is 1. The van der Waals surface area contributed by atoms with Gasteiger partial charge in [0.15, 0.2) is 6.20 Å². The van der Waals surface area contributed by atoms with Crippen LogP contribution < -0.4 is 5.10 Å². The number of hydrogen-bond donors (Lipinski definition) is 0. The van der Waals surface area contributed by atoms with Crippen LogP contribution in [0.3, 0.4) is 0 Å². The van der Waals surface area contributed by atoms with Gasteiger partial charge in [-0.15, -0.1) is 5.10 Å². The number of hydrogen-bond acceptors (Lipinski definition) is 4. The number of aromatic nitrogens is 2. The average Bonchev–Trinajstić information content (AvgIpc) is 2.72. The summed E-state index contributed by atoms with van der Waals surface area (Å²) in [7, 11) is -4.27. The summed E-state index contributed by atoms with van der Waals surface area (Å²) < 4.78 is 31.2. The SMILES string of the molecule is Cc1ccc(S(=O)(=O)[O-])cc1.c1ccc2cc3c(ccc4cc[nH+]nc43)cc2c1. The second kappa shape index (κ2) is 7.58. The largest absolute Gasteiger partial charge is 0.744 e. The predicted octanol–water partition coefficient (Wildman–Crippen LogP) is 4.25. The third-order valence-corrected chi connectivity index (χ3v) is 5.56. The zero-order chi connectivity index (χ0) is 20.4. The van der Waals surface area contributed by atoms with Crippen LogP contribution in [0.5, 0.6) is 0 Å². The number of rotatable bonds is 1. The number of aromatic amines is 1. The molecule has 1 aromatic heterocycles. The van der Waals surface area contributed by atoms with Crippen molar-refractivity contribution in [3.05, 3.63) is 90.6 Å². The molecule has 5 nitrogen and oxygen atoms in total. The van der Waals surface area contributed by atoms with Crippen molar-refractivity contribution in [1.29, 1.82) is 0 Å². The van der Waals surface area contributed by atoms with Gasteiger partial charge in [0, 0.05) is 16.8 Å². The lowest BCUT2D eigenvalue weighted by atomic mass is 10.0. The van der Waals surface area contributed by atoms with E-state index in [1.54, 1.807) is 12.1 Å². The van der Waals surface area contributed by atoms with Crippen LogP contribution >= 0.6 is 0 Å². The van der Waals surface area contributed by atoms with Crippen molar-refractivity contribution >= 4 is 42.6 Å². The lowest BCUT2D eigenvalue weighted by molar-refractivity contribution is -0.451. The van der Waals surface area contributed by atoms with Gasteiger partial charge in [-0.05, 0) is 52.4 Å². The molecule has 0 atom stereocenters. The van der Waals surface area contributed by atoms with Gasteiger partial charge in [0.25, 0.3) is 0 Å². The van der Waals surface area contributed by atoms with Crippen molar-refractivity contribution in [2.75, 3.05) is 0 Å². The van der Waals surface area contributed by atoms with Crippen molar-refractivity contribution in [2.45, 2.75) is 11.8 Å². The van der Waals surface area contributed by atoms with Crippen LogP contribution in [-0.2, 0) is 10.1 Å². The first-order valence-corrected chi connectivity index (χ1v) is 10.4. The van der Waals surface area contributed by atoms with E-state index >= 15 is 0 Å². The van der Waals surface area contributed by atoms with Gasteiger partial charge in [0.1, 0.15) is 15.6 Å². The van der Waals surface area contributed by atoms with E-state index in [0.717, 1.165) is 16.5 Å². The molecule has 5 rings (SSSR count). The van der Waals surface area contributed by atoms with E-state index in [0.29, 0.717) is 0 Å². The lowest BCUT2D eigenvalue weighted by Crippen LogP contribution is -2.05. The molecule has 4 aromatic carbocycles. The number of nitrogens with zero attached hydrogens (tertiary/aromatic N) is 1. The van der Waals surface area contributed by atoms with Crippen LogP contribution in [0.4, 0.5) is 0 Å². The highest BCUT2D eigenvalue weighted by atomic mass is 32.2. The van der Waals surface area contributed by atoms with Gasteiger partial charge >= 0.3 is 0 Å². The third kappa shape index (κ3) is 4.08. The number of aryl methyl sites for hydroxylation is 1. The van der Waals surface area contributed by atoms with E-state index in [9.17, 15) is 13.0 Å². The highest BCUT2D eigenvalue weighted by Gasteiger charge is 2.05. The Bertz CT molecular complexity index is 1420. The lowest BCUT2D eigenvalue weighted by Gasteiger charge is -2.05. The Hall–Kier alpha value is -3.35. The Kier molecular flexibility index (Phi) is 4.96. The summed E-state index contributed by atoms with van der Waals surface area (Å²) in [4.78, 5) is -0.178. The van der Waals surface area contributed by atoms with E-state index in [1.165, 1.54) is 33.7 Å². The Balaban J connectivity index is 0.000000161. The van der Waals surface area contributed by atoms with Crippen LogP contribution in [-0.4, -0.2) is 18.1 Å². The normalized spacial score (nSPS) is 11.4. The molecule has 6 heteroatoms. The van der Waals surface area contributed by atoms with Gasteiger partial charge in [0.2, 0.25) is 0 Å². The summed E-state index contributed by atoms with van der Waals surface area (Å²) >= 11 is 0. The first-order chi connectivity index (χ1) is 13.9. The fraction of sp³-hybridized carbons (Fsp3) is 0.0435. The van der Waals surface area contributed by atoms with Crippen LogP contribution in [0.15, 0.2) is 90.0 Å². The van der Waals surface area contributed by atoms with Crippen molar-refractivity contribution in [3.63, 3.8) is 0 Å². The fourth-order valence-corrected chi connectivity index (χ4v) is 3.68. The minimum atomic E-state index is -4.27. The van der Waals surface area contributed by atoms with Gasteiger partial charge in [-0.3, -0.25) is 0 Å². The maximum atomic E-state index is 10.4. The Labute approximate surface area is 168 Å². The number of fused-ring (bicyclic) bond motifs is 4. The molecule has 0 saturated heterocycles. The van der Waals surface area contributed by atoms with Crippen molar-refractivity contribution in [3.8, 4) is 0 Å². The molecule has 29 heavy (non-hydrogen) atoms. The van der Waals surface area contributed by atoms with E-state index in [4.69, 9.17) is 0 Å². The third-order valence-electron chi connectivity index (χ3n) is 4.71. The van der Waals surface area contributed by atoms with Crippen LogP contribution in [0.1, 0.15) is 5.56 Å². The molecule has 0 spiro atoms. The van der Waals surface area contributed by atoms with Gasteiger partial charge in [-0.2, -0.15) is 0 Å². The summed E-state index contributed by atoms with van der Waals surface area (Å²) in [5, 5.41) is 13.4. The maximum Gasteiger partial charge on any atom is 0.194 e. The molecule has 0 fully saturated rings. The van der Waals surface area contributed by atoms with Gasteiger partial charge in [0.05, 0.1) is 4.90 Å². The van der Waals surface area contributed by atoms with Gasteiger partial charge in [-0.25, -0.2) is 8.42 Å². The summed E-state index contributed by atoms with van der Waals surface area (Å²) in [6.07, 6.45) is 1.86. The topological polar surface area (TPSA) is 84.2 Å². The quantitative estimate of drug-likeness (QED) is 0.238. The van der Waals surface area contributed by atoms with E-state index in [1.807, 2.05) is 13.1 Å². The van der Waals surface area contributed by atoms with Crippen molar-refractivity contribution in [1.82, 2.24) is 5.10 Å². The summed E-state index contributed by atoms with van der Waals surface area (Å²) in [5.41, 5.74) is 1.96. The summed E-state index contributed by atoms with van der Waals surface area (Å²) in [6.45, 7) is 1.82. The maximum absolute atomic E-state index is 10.4. The van der Waals surface area contributed by atoms with Gasteiger partial charge in [-0.1, -0.05) is 54.1 Å². The van der Waals surface area contributed by atoms with Crippen LogP contribution in [0.2, 0.25) is 0 Å². The van der Waals surface area contributed by atoms with Crippen molar-refractivity contribution < 1.29 is 18.1 Å². The molecule has 0 aliphatic rings. The fourth-order valence-electron chi connectivity index (χ4n) is 3.21. The molecule has 144 valence electrons. The van der Waals surface area contributed by atoms with Crippen LogP contribution in [0, 0.1) is 6.92 Å². The summed E-state index contributed by atoms with van der Waals surface area (Å²) in [5.74, 6) is 0. The van der Waals surface area contributed by atoms with E-state index < -0.39 is 10.1 Å². The second-order valence-electron chi connectivity index (χ2n) is 6.77. The van der Waals surface area contributed by atoms with Gasteiger partial charge < -0.3 is 4.55 Å². The van der Waals surface area contributed by atoms with E-state index in [2.05, 4.69) is 64.8 Å². The molecule has 1 heterocycles. The minimum Gasteiger partial charge on any atom is -0.744 e. The first kappa shape index (κ1) is 19.0. The molecule has 0 radical (unpaired) electrons. The van der Waals surface area contributed by atoms with Crippen LogP contribution in [0.25, 0.3) is 32.4 Å². The molecule has 1 N–H and O–H groups in total. The number of nitrogens with one attached hydrogen (secondary N) is 1. The molecule has 0 aliphatic carbocycles. The molecule has 0 aliphatic heterocycles. The minimum absolute atomic E-state index is 0.178. The highest BCUT2D eigenvalue weighted by molar-refractivity contribution is 7.85. The average molecular weight is 402 g/mol. The Morgan fingerprint density at radius 2 is 1.45 bits per heavy atom.